The quantitative estimate of drug-likeness (QED) is 0.348. The van der Waals surface area contributed by atoms with E-state index in [0.29, 0.717) is 27.3 Å². The standard InChI is InChI=1S/C13H17Cl2N3OS/c1-2-19-8-4-7-16-13(20)18-17-9-10-11(14)5-3-6-12(10)15/h3,5-6,9H,2,4,7-8H2,1H3,(H2,16,18,20)/b17-9-. The van der Waals surface area contributed by atoms with Gasteiger partial charge in [-0.2, -0.15) is 5.10 Å². The third-order valence-electron chi connectivity index (χ3n) is 2.31. The van der Waals surface area contributed by atoms with Gasteiger partial charge in [-0.05, 0) is 37.7 Å². The molecule has 0 atom stereocenters. The predicted octanol–water partition coefficient (Wildman–Crippen LogP) is 3.22. The number of halogens is 2. The Morgan fingerprint density at radius 2 is 2.10 bits per heavy atom. The van der Waals surface area contributed by atoms with Crippen molar-refractivity contribution in [1.82, 2.24) is 10.7 Å². The lowest BCUT2D eigenvalue weighted by Gasteiger charge is -2.07. The zero-order valence-electron chi connectivity index (χ0n) is 11.2. The van der Waals surface area contributed by atoms with Gasteiger partial charge in [0.1, 0.15) is 0 Å². The van der Waals surface area contributed by atoms with Gasteiger partial charge in [0.2, 0.25) is 0 Å². The lowest BCUT2D eigenvalue weighted by Crippen LogP contribution is -2.33. The van der Waals surface area contributed by atoms with Crippen molar-refractivity contribution < 1.29 is 4.74 Å². The summed E-state index contributed by atoms with van der Waals surface area (Å²) >= 11 is 17.1. The Labute approximate surface area is 134 Å². The fourth-order valence-electron chi connectivity index (χ4n) is 1.35. The molecule has 0 spiro atoms. The number of hydrazone groups is 1. The van der Waals surface area contributed by atoms with Crippen LogP contribution in [0, 0.1) is 0 Å². The third-order valence-corrected chi connectivity index (χ3v) is 3.21. The minimum Gasteiger partial charge on any atom is -0.382 e. The molecule has 2 N–H and O–H groups in total. The number of benzene rings is 1. The molecule has 1 aromatic rings. The highest BCUT2D eigenvalue weighted by atomic mass is 35.5. The van der Waals surface area contributed by atoms with Gasteiger partial charge in [0.05, 0.1) is 16.3 Å². The van der Waals surface area contributed by atoms with Crippen molar-refractivity contribution in [2.45, 2.75) is 13.3 Å². The Balaban J connectivity index is 2.32. The predicted molar refractivity (Wildman–Crippen MR) is 88.9 cm³/mol. The van der Waals surface area contributed by atoms with Crippen LogP contribution in [0.25, 0.3) is 0 Å². The minimum absolute atomic E-state index is 0.445. The first-order valence-electron chi connectivity index (χ1n) is 6.23. The lowest BCUT2D eigenvalue weighted by atomic mass is 10.2. The molecular formula is C13H17Cl2N3OS. The molecule has 0 aliphatic carbocycles. The molecule has 0 unspecified atom stereocenters. The van der Waals surface area contributed by atoms with Gasteiger partial charge in [-0.25, -0.2) is 0 Å². The fraction of sp³-hybridized carbons (Fsp3) is 0.385. The molecule has 20 heavy (non-hydrogen) atoms. The molecule has 7 heteroatoms. The van der Waals surface area contributed by atoms with Crippen molar-refractivity contribution in [2.24, 2.45) is 5.10 Å². The average Bonchev–Trinajstić information content (AvgIpc) is 2.42. The van der Waals surface area contributed by atoms with Crippen LogP contribution < -0.4 is 10.7 Å². The van der Waals surface area contributed by atoms with E-state index >= 15 is 0 Å². The molecule has 0 radical (unpaired) electrons. The molecule has 0 amide bonds. The van der Waals surface area contributed by atoms with E-state index < -0.39 is 0 Å². The van der Waals surface area contributed by atoms with Crippen LogP contribution in [-0.2, 0) is 4.74 Å². The van der Waals surface area contributed by atoms with Gasteiger partial charge in [-0.15, -0.1) is 0 Å². The minimum atomic E-state index is 0.445. The zero-order valence-corrected chi connectivity index (χ0v) is 13.5. The number of rotatable bonds is 7. The van der Waals surface area contributed by atoms with E-state index in [4.69, 9.17) is 40.2 Å². The van der Waals surface area contributed by atoms with Crippen LogP contribution in [0.4, 0.5) is 0 Å². The molecule has 0 aromatic heterocycles. The summed E-state index contributed by atoms with van der Waals surface area (Å²) in [4.78, 5) is 0. The Morgan fingerprint density at radius 1 is 1.40 bits per heavy atom. The summed E-state index contributed by atoms with van der Waals surface area (Å²) in [5.74, 6) is 0. The first-order valence-corrected chi connectivity index (χ1v) is 7.40. The van der Waals surface area contributed by atoms with Crippen molar-refractivity contribution in [3.8, 4) is 0 Å². The first kappa shape index (κ1) is 17.2. The summed E-state index contributed by atoms with van der Waals surface area (Å²) in [7, 11) is 0. The topological polar surface area (TPSA) is 45.6 Å². The SMILES string of the molecule is CCOCCCNC(=S)N/N=C\c1c(Cl)cccc1Cl. The number of thiocarbonyl (C=S) groups is 1. The van der Waals surface area contributed by atoms with Crippen LogP contribution in [0.3, 0.4) is 0 Å². The van der Waals surface area contributed by atoms with Crippen molar-refractivity contribution in [3.05, 3.63) is 33.8 Å². The Bertz CT molecular complexity index is 449. The van der Waals surface area contributed by atoms with E-state index in [1.54, 1.807) is 24.4 Å². The van der Waals surface area contributed by atoms with Gasteiger partial charge >= 0.3 is 0 Å². The lowest BCUT2D eigenvalue weighted by molar-refractivity contribution is 0.145. The number of hydrogen-bond acceptors (Lipinski definition) is 3. The van der Waals surface area contributed by atoms with Crippen LogP contribution in [0.1, 0.15) is 18.9 Å². The van der Waals surface area contributed by atoms with Crippen LogP contribution in [0.5, 0.6) is 0 Å². The van der Waals surface area contributed by atoms with E-state index in [0.717, 1.165) is 19.6 Å². The van der Waals surface area contributed by atoms with Crippen LogP contribution >= 0.6 is 35.4 Å². The highest BCUT2D eigenvalue weighted by Crippen LogP contribution is 2.21. The molecule has 1 rings (SSSR count). The maximum absolute atomic E-state index is 6.01. The number of hydrogen-bond donors (Lipinski definition) is 2. The van der Waals surface area contributed by atoms with Gasteiger partial charge in [-0.3, -0.25) is 5.43 Å². The number of nitrogens with zero attached hydrogens (tertiary/aromatic N) is 1. The summed E-state index contributed by atoms with van der Waals surface area (Å²) in [6.45, 7) is 4.14. The van der Waals surface area contributed by atoms with Crippen LogP contribution in [-0.4, -0.2) is 31.1 Å². The molecule has 0 saturated carbocycles. The van der Waals surface area contributed by atoms with Crippen molar-refractivity contribution in [3.63, 3.8) is 0 Å². The van der Waals surface area contributed by atoms with Crippen molar-refractivity contribution >= 4 is 46.7 Å². The molecule has 0 fully saturated rings. The van der Waals surface area contributed by atoms with Gasteiger partial charge in [-0.1, -0.05) is 29.3 Å². The van der Waals surface area contributed by atoms with E-state index in [1.807, 2.05) is 6.92 Å². The zero-order chi connectivity index (χ0) is 14.8. The highest BCUT2D eigenvalue weighted by molar-refractivity contribution is 7.80. The summed E-state index contributed by atoms with van der Waals surface area (Å²) in [6.07, 6.45) is 2.43. The molecule has 1 aromatic carbocycles. The van der Waals surface area contributed by atoms with E-state index in [-0.39, 0.29) is 0 Å². The van der Waals surface area contributed by atoms with Crippen molar-refractivity contribution in [2.75, 3.05) is 19.8 Å². The Morgan fingerprint density at radius 3 is 2.75 bits per heavy atom. The monoisotopic (exact) mass is 333 g/mol. The highest BCUT2D eigenvalue weighted by Gasteiger charge is 2.01. The van der Waals surface area contributed by atoms with Gasteiger partial charge in [0.25, 0.3) is 0 Å². The molecule has 0 aliphatic rings. The molecule has 0 aliphatic heterocycles. The van der Waals surface area contributed by atoms with E-state index in [1.165, 1.54) is 0 Å². The summed E-state index contributed by atoms with van der Waals surface area (Å²) < 4.78 is 5.22. The second-order valence-corrected chi connectivity index (χ2v) is 5.03. The Kier molecular flexibility index (Phi) is 8.53. The second kappa shape index (κ2) is 9.94. The fourth-order valence-corrected chi connectivity index (χ4v) is 2.00. The van der Waals surface area contributed by atoms with Gasteiger partial charge in [0.15, 0.2) is 5.11 Å². The first-order chi connectivity index (χ1) is 9.65. The van der Waals surface area contributed by atoms with Gasteiger partial charge < -0.3 is 10.1 Å². The smallest absolute Gasteiger partial charge is 0.186 e. The summed E-state index contributed by atoms with van der Waals surface area (Å²) in [6, 6.07) is 5.28. The molecule has 4 nitrogen and oxygen atoms in total. The second-order valence-electron chi connectivity index (χ2n) is 3.81. The number of ether oxygens (including phenoxy) is 1. The number of nitrogens with one attached hydrogen (secondary N) is 2. The maximum atomic E-state index is 6.01. The van der Waals surface area contributed by atoms with E-state index in [9.17, 15) is 0 Å². The summed E-state index contributed by atoms with van der Waals surface area (Å²) in [5.41, 5.74) is 3.36. The van der Waals surface area contributed by atoms with Crippen LogP contribution in [0.15, 0.2) is 23.3 Å². The molecule has 0 heterocycles. The third kappa shape index (κ3) is 6.52. The molecular weight excluding hydrogens is 317 g/mol. The normalized spacial score (nSPS) is 10.8. The molecule has 0 saturated heterocycles. The summed E-state index contributed by atoms with van der Waals surface area (Å²) in [5, 5.41) is 8.54. The Hall–Kier alpha value is -0.880. The molecule has 0 bridgehead atoms. The average molecular weight is 334 g/mol. The van der Waals surface area contributed by atoms with E-state index in [2.05, 4.69) is 15.8 Å². The van der Waals surface area contributed by atoms with Gasteiger partial charge in [0, 0.05) is 25.3 Å². The molecule has 110 valence electrons. The van der Waals surface area contributed by atoms with Crippen LogP contribution in [0.2, 0.25) is 10.0 Å². The van der Waals surface area contributed by atoms with Crippen molar-refractivity contribution in [1.29, 1.82) is 0 Å². The largest absolute Gasteiger partial charge is 0.382 e. The maximum Gasteiger partial charge on any atom is 0.186 e.